The molecule has 2 aromatic carbocycles. The molecule has 0 bridgehead atoms. The van der Waals surface area contributed by atoms with Crippen LogP contribution >= 0.6 is 0 Å². The van der Waals surface area contributed by atoms with Crippen molar-refractivity contribution in [3.63, 3.8) is 0 Å². The molecule has 25 heavy (non-hydrogen) atoms. The maximum absolute atomic E-state index is 13.0. The number of hydrogen-bond donors (Lipinski definition) is 0. The number of carbonyl (C=O) groups is 2. The van der Waals surface area contributed by atoms with Crippen LogP contribution in [-0.2, 0) is 16.0 Å². The van der Waals surface area contributed by atoms with Gasteiger partial charge in [0.2, 0.25) is 0 Å². The summed E-state index contributed by atoms with van der Waals surface area (Å²) in [5, 5.41) is 0. The lowest BCUT2D eigenvalue weighted by molar-refractivity contribution is -0.145. The Morgan fingerprint density at radius 1 is 1.04 bits per heavy atom. The second-order valence-electron chi connectivity index (χ2n) is 6.23. The van der Waals surface area contributed by atoms with Gasteiger partial charge in [0.25, 0.3) is 5.91 Å². The Kier molecular flexibility index (Phi) is 6.75. The smallest absolute Gasteiger partial charge is 0.310 e. The van der Waals surface area contributed by atoms with E-state index in [-0.39, 0.29) is 17.8 Å². The van der Waals surface area contributed by atoms with E-state index in [1.54, 1.807) is 11.8 Å². The molecule has 0 aliphatic rings. The van der Waals surface area contributed by atoms with E-state index >= 15 is 0 Å². The van der Waals surface area contributed by atoms with E-state index in [9.17, 15) is 9.59 Å². The average Bonchev–Trinajstić information content (AvgIpc) is 2.64. The molecule has 0 saturated carbocycles. The topological polar surface area (TPSA) is 46.6 Å². The molecule has 0 saturated heterocycles. The molecule has 1 atom stereocenters. The number of carbonyl (C=O) groups excluding carboxylic acids is 2. The van der Waals surface area contributed by atoms with Crippen LogP contribution in [0.2, 0.25) is 0 Å². The Hall–Kier alpha value is -2.62. The second-order valence-corrected chi connectivity index (χ2v) is 6.23. The van der Waals surface area contributed by atoms with Crippen LogP contribution in [0.3, 0.4) is 0 Å². The van der Waals surface area contributed by atoms with Crippen LogP contribution in [0.15, 0.2) is 54.6 Å². The van der Waals surface area contributed by atoms with E-state index in [0.717, 1.165) is 17.5 Å². The van der Waals surface area contributed by atoms with Gasteiger partial charge in [-0.3, -0.25) is 9.59 Å². The van der Waals surface area contributed by atoms with Gasteiger partial charge in [0.05, 0.1) is 13.0 Å². The average molecular weight is 339 g/mol. The van der Waals surface area contributed by atoms with Gasteiger partial charge in [-0.25, -0.2) is 0 Å². The summed E-state index contributed by atoms with van der Waals surface area (Å²) in [6.07, 6.45) is 0.742. The Labute approximate surface area is 149 Å². The van der Waals surface area contributed by atoms with Gasteiger partial charge in [0, 0.05) is 18.7 Å². The third kappa shape index (κ3) is 5.18. The van der Waals surface area contributed by atoms with Crippen LogP contribution in [0.25, 0.3) is 0 Å². The molecule has 4 nitrogen and oxygen atoms in total. The first-order chi connectivity index (χ1) is 12.0. The lowest BCUT2D eigenvalue weighted by atomic mass is 10.1. The van der Waals surface area contributed by atoms with Crippen LogP contribution in [0.4, 0.5) is 0 Å². The van der Waals surface area contributed by atoms with Crippen molar-refractivity contribution in [2.24, 2.45) is 5.92 Å². The van der Waals surface area contributed by atoms with Gasteiger partial charge in [-0.1, -0.05) is 55.5 Å². The van der Waals surface area contributed by atoms with Gasteiger partial charge in [-0.2, -0.15) is 0 Å². The normalized spacial score (nSPS) is 11.6. The van der Waals surface area contributed by atoms with Gasteiger partial charge in [0.1, 0.15) is 0 Å². The third-order valence-corrected chi connectivity index (χ3v) is 4.27. The number of hydrogen-bond acceptors (Lipinski definition) is 3. The number of rotatable bonds is 7. The Balaban J connectivity index is 2.17. The van der Waals surface area contributed by atoms with Crippen LogP contribution in [0.1, 0.15) is 28.4 Å². The van der Waals surface area contributed by atoms with Crippen molar-refractivity contribution in [1.82, 2.24) is 4.90 Å². The fourth-order valence-corrected chi connectivity index (χ4v) is 2.77. The molecule has 0 aliphatic heterocycles. The van der Waals surface area contributed by atoms with Crippen LogP contribution < -0.4 is 0 Å². The predicted molar refractivity (Wildman–Crippen MR) is 98.4 cm³/mol. The molecule has 0 aliphatic carbocycles. The van der Waals surface area contributed by atoms with Gasteiger partial charge < -0.3 is 9.64 Å². The molecule has 0 fully saturated rings. The number of esters is 1. The minimum absolute atomic E-state index is 0.0511. The minimum atomic E-state index is -0.367. The number of nitrogens with zero attached hydrogens (tertiary/aromatic N) is 1. The summed E-state index contributed by atoms with van der Waals surface area (Å²) in [6.45, 7) is 4.60. The van der Waals surface area contributed by atoms with Crippen molar-refractivity contribution in [3.8, 4) is 0 Å². The molecule has 4 heteroatoms. The standard InChI is InChI=1S/C21H25NO3/c1-16-9-7-8-12-19(16)20(23)22(15-17(2)21(24)25-3)14-13-18-10-5-4-6-11-18/h4-12,17H,13-15H2,1-3H3. The van der Waals surface area contributed by atoms with Crippen molar-refractivity contribution < 1.29 is 14.3 Å². The summed E-state index contributed by atoms with van der Waals surface area (Å²) >= 11 is 0. The second kappa shape index (κ2) is 9.02. The molecule has 0 heterocycles. The highest BCUT2D eigenvalue weighted by Gasteiger charge is 2.23. The van der Waals surface area contributed by atoms with Crippen molar-refractivity contribution in [3.05, 3.63) is 71.3 Å². The zero-order chi connectivity index (χ0) is 18.2. The Bertz CT molecular complexity index is 712. The molecule has 1 unspecified atom stereocenters. The summed E-state index contributed by atoms with van der Waals surface area (Å²) in [6, 6.07) is 17.6. The SMILES string of the molecule is COC(=O)C(C)CN(CCc1ccccc1)C(=O)c1ccccc1C. The molecule has 0 radical (unpaired) electrons. The lowest BCUT2D eigenvalue weighted by Crippen LogP contribution is -2.39. The van der Waals surface area contributed by atoms with Crippen LogP contribution in [0, 0.1) is 12.8 Å². The van der Waals surface area contributed by atoms with Crippen molar-refractivity contribution >= 4 is 11.9 Å². The summed E-state index contributed by atoms with van der Waals surface area (Å²) in [4.78, 5) is 26.5. The monoisotopic (exact) mass is 339 g/mol. The predicted octanol–water partition coefficient (Wildman–Crippen LogP) is 3.49. The molecule has 2 rings (SSSR count). The van der Waals surface area contributed by atoms with E-state index in [1.807, 2.05) is 61.5 Å². The Morgan fingerprint density at radius 3 is 2.32 bits per heavy atom. The van der Waals surface area contributed by atoms with E-state index in [4.69, 9.17) is 4.74 Å². The first kappa shape index (κ1) is 18.7. The van der Waals surface area contributed by atoms with E-state index in [2.05, 4.69) is 0 Å². The van der Waals surface area contributed by atoms with Crippen LogP contribution in [-0.4, -0.2) is 37.0 Å². The summed E-state index contributed by atoms with van der Waals surface area (Å²) in [5.74, 6) is -0.721. The van der Waals surface area contributed by atoms with Crippen molar-refractivity contribution in [1.29, 1.82) is 0 Å². The van der Waals surface area contributed by atoms with Crippen LogP contribution in [0.5, 0.6) is 0 Å². The van der Waals surface area contributed by atoms with Gasteiger partial charge in [-0.05, 0) is 30.5 Å². The van der Waals surface area contributed by atoms with E-state index in [0.29, 0.717) is 18.7 Å². The number of methoxy groups -OCH3 is 1. The first-order valence-electron chi connectivity index (χ1n) is 8.49. The van der Waals surface area contributed by atoms with E-state index < -0.39 is 0 Å². The van der Waals surface area contributed by atoms with Gasteiger partial charge >= 0.3 is 5.97 Å². The molecule has 0 spiro atoms. The van der Waals surface area contributed by atoms with Gasteiger partial charge in [-0.15, -0.1) is 0 Å². The summed E-state index contributed by atoms with van der Waals surface area (Å²) < 4.78 is 4.81. The van der Waals surface area contributed by atoms with E-state index in [1.165, 1.54) is 7.11 Å². The fraction of sp³-hybridized carbons (Fsp3) is 0.333. The molecular formula is C21H25NO3. The Morgan fingerprint density at radius 2 is 1.68 bits per heavy atom. The third-order valence-electron chi connectivity index (χ3n) is 4.27. The number of amides is 1. The van der Waals surface area contributed by atoms with Crippen molar-refractivity contribution in [2.75, 3.05) is 20.2 Å². The quantitative estimate of drug-likeness (QED) is 0.726. The highest BCUT2D eigenvalue weighted by atomic mass is 16.5. The molecule has 2 aromatic rings. The molecule has 132 valence electrons. The first-order valence-corrected chi connectivity index (χ1v) is 8.49. The largest absolute Gasteiger partial charge is 0.469 e. The molecule has 0 aromatic heterocycles. The molecule has 1 amide bonds. The highest BCUT2D eigenvalue weighted by Crippen LogP contribution is 2.14. The zero-order valence-corrected chi connectivity index (χ0v) is 15.1. The lowest BCUT2D eigenvalue weighted by Gasteiger charge is -2.26. The number of benzene rings is 2. The fourth-order valence-electron chi connectivity index (χ4n) is 2.77. The molecule has 0 N–H and O–H groups in total. The zero-order valence-electron chi connectivity index (χ0n) is 15.1. The number of aryl methyl sites for hydroxylation is 1. The summed E-state index contributed by atoms with van der Waals surface area (Å²) in [5.41, 5.74) is 2.77. The number of ether oxygens (including phenoxy) is 1. The van der Waals surface area contributed by atoms with Crippen molar-refractivity contribution in [2.45, 2.75) is 20.3 Å². The molecular weight excluding hydrogens is 314 g/mol. The maximum Gasteiger partial charge on any atom is 0.310 e. The van der Waals surface area contributed by atoms with Gasteiger partial charge in [0.15, 0.2) is 0 Å². The minimum Gasteiger partial charge on any atom is -0.469 e. The summed E-state index contributed by atoms with van der Waals surface area (Å²) in [7, 11) is 1.37. The maximum atomic E-state index is 13.0. The highest BCUT2D eigenvalue weighted by molar-refractivity contribution is 5.95.